The molecule has 0 aromatic carbocycles. The van der Waals surface area contributed by atoms with Crippen LogP contribution in [0.15, 0.2) is 0 Å². The number of aromatic nitrogens is 2. The summed E-state index contributed by atoms with van der Waals surface area (Å²) in [5, 5.41) is 25.8. The number of nitrogens with one attached hydrogen (secondary N) is 2. The smallest absolute Gasteiger partial charge is 0.413 e. The molecule has 0 saturated carbocycles. The molecule has 2 N–H and O–H groups in total. The normalized spacial score (nSPS) is 10.2. The molecule has 1 aromatic rings. The zero-order valence-corrected chi connectivity index (χ0v) is 9.66. The second-order valence-electron chi connectivity index (χ2n) is 4.17. The Bertz CT molecular complexity index is 512. The van der Waals surface area contributed by atoms with Gasteiger partial charge in [-0.1, -0.05) is 0 Å². The van der Waals surface area contributed by atoms with Crippen molar-refractivity contribution in [3.8, 4) is 12.1 Å². The van der Waals surface area contributed by atoms with Crippen molar-refractivity contribution >= 4 is 11.9 Å². The number of hydrogen-bond acceptors (Lipinski definition) is 5. The van der Waals surface area contributed by atoms with Crippen molar-refractivity contribution in [1.29, 1.82) is 10.5 Å². The van der Waals surface area contributed by atoms with Crippen molar-refractivity contribution in [1.82, 2.24) is 10.2 Å². The molecule has 0 fully saturated rings. The zero-order valence-electron chi connectivity index (χ0n) is 9.66. The van der Waals surface area contributed by atoms with Crippen LogP contribution in [0.2, 0.25) is 0 Å². The van der Waals surface area contributed by atoms with Crippen LogP contribution >= 0.6 is 0 Å². The van der Waals surface area contributed by atoms with E-state index in [1.807, 2.05) is 0 Å². The molecule has 0 atom stereocenters. The molecule has 0 spiro atoms. The third-order valence-electron chi connectivity index (χ3n) is 1.61. The quantitative estimate of drug-likeness (QED) is 0.762. The number of hydrogen-bond donors (Lipinski definition) is 2. The Balaban J connectivity index is 2.84. The van der Waals surface area contributed by atoms with E-state index in [4.69, 9.17) is 15.3 Å². The van der Waals surface area contributed by atoms with Crippen LogP contribution in [0.5, 0.6) is 0 Å². The molecule has 17 heavy (non-hydrogen) atoms. The molecule has 0 aliphatic carbocycles. The summed E-state index contributed by atoms with van der Waals surface area (Å²) in [7, 11) is 0. The summed E-state index contributed by atoms with van der Waals surface area (Å²) >= 11 is 0. The van der Waals surface area contributed by atoms with Gasteiger partial charge in [-0.25, -0.2) is 4.79 Å². The maximum Gasteiger partial charge on any atom is 0.413 e. The Labute approximate surface area is 98.0 Å². The molecule has 0 unspecified atom stereocenters. The summed E-state index contributed by atoms with van der Waals surface area (Å²) in [6.45, 7) is 5.13. The monoisotopic (exact) mass is 233 g/mol. The van der Waals surface area contributed by atoms with Gasteiger partial charge in [-0.2, -0.15) is 15.6 Å². The van der Waals surface area contributed by atoms with Gasteiger partial charge >= 0.3 is 6.09 Å². The van der Waals surface area contributed by atoms with E-state index in [0.29, 0.717) is 0 Å². The van der Waals surface area contributed by atoms with Gasteiger partial charge in [-0.15, -0.1) is 0 Å². The zero-order chi connectivity index (χ0) is 13.1. The van der Waals surface area contributed by atoms with Gasteiger partial charge in [-0.05, 0) is 20.8 Å². The van der Waals surface area contributed by atoms with E-state index in [0.717, 1.165) is 0 Å². The van der Waals surface area contributed by atoms with Crippen LogP contribution in [-0.4, -0.2) is 21.9 Å². The Morgan fingerprint density at radius 3 is 2.53 bits per heavy atom. The molecule has 7 nitrogen and oxygen atoms in total. The van der Waals surface area contributed by atoms with Gasteiger partial charge in [0.05, 0.1) is 0 Å². The van der Waals surface area contributed by atoms with Crippen LogP contribution in [0.25, 0.3) is 0 Å². The molecule has 1 aromatic heterocycles. The second-order valence-corrected chi connectivity index (χ2v) is 4.17. The fourth-order valence-electron chi connectivity index (χ4n) is 1.02. The van der Waals surface area contributed by atoms with Crippen molar-refractivity contribution < 1.29 is 9.53 Å². The summed E-state index contributed by atoms with van der Waals surface area (Å²) in [5.74, 6) is -0.0155. The molecular formula is C10H11N5O2. The van der Waals surface area contributed by atoms with Gasteiger partial charge in [0.1, 0.15) is 23.3 Å². The lowest BCUT2D eigenvalue weighted by Crippen LogP contribution is -2.27. The van der Waals surface area contributed by atoms with Gasteiger partial charge in [0.25, 0.3) is 0 Å². The van der Waals surface area contributed by atoms with E-state index in [9.17, 15) is 4.79 Å². The summed E-state index contributed by atoms with van der Waals surface area (Å²) in [4.78, 5) is 11.4. The van der Waals surface area contributed by atoms with E-state index >= 15 is 0 Å². The van der Waals surface area contributed by atoms with E-state index in [2.05, 4.69) is 15.5 Å². The fraction of sp³-hybridized carbons (Fsp3) is 0.400. The lowest BCUT2D eigenvalue weighted by Gasteiger charge is -2.19. The first-order valence-electron chi connectivity index (χ1n) is 4.76. The van der Waals surface area contributed by atoms with Crippen LogP contribution in [-0.2, 0) is 4.74 Å². The lowest BCUT2D eigenvalue weighted by molar-refractivity contribution is 0.0635. The first-order chi connectivity index (χ1) is 7.87. The van der Waals surface area contributed by atoms with E-state index in [-0.39, 0.29) is 17.1 Å². The maximum atomic E-state index is 11.4. The minimum atomic E-state index is -0.731. The van der Waals surface area contributed by atoms with E-state index in [1.54, 1.807) is 32.9 Å². The molecule has 0 aliphatic heterocycles. The molecule has 0 aliphatic rings. The largest absolute Gasteiger partial charge is 0.444 e. The van der Waals surface area contributed by atoms with Crippen LogP contribution in [0.3, 0.4) is 0 Å². The van der Waals surface area contributed by atoms with E-state index < -0.39 is 11.7 Å². The van der Waals surface area contributed by atoms with Crippen LogP contribution in [0.4, 0.5) is 10.6 Å². The van der Waals surface area contributed by atoms with Gasteiger partial charge in [0.2, 0.25) is 0 Å². The number of anilines is 1. The Hall–Kier alpha value is -2.54. The lowest BCUT2D eigenvalue weighted by atomic mass is 10.2. The number of nitrogens with zero attached hydrogens (tertiary/aromatic N) is 3. The average molecular weight is 233 g/mol. The third kappa shape index (κ3) is 3.21. The molecule has 1 heterocycles. The van der Waals surface area contributed by atoms with Crippen molar-refractivity contribution in [3.05, 3.63) is 11.3 Å². The average Bonchev–Trinajstić information content (AvgIpc) is 2.56. The number of rotatable bonds is 1. The minimum Gasteiger partial charge on any atom is -0.444 e. The molecule has 1 amide bonds. The molecule has 7 heteroatoms. The first kappa shape index (κ1) is 12.5. The Morgan fingerprint density at radius 2 is 2.06 bits per heavy atom. The number of aromatic amines is 1. The number of ether oxygens (including phenoxy) is 1. The number of amides is 1. The molecule has 0 radical (unpaired) electrons. The van der Waals surface area contributed by atoms with Crippen molar-refractivity contribution in [3.63, 3.8) is 0 Å². The van der Waals surface area contributed by atoms with Crippen LogP contribution in [0.1, 0.15) is 32.0 Å². The second kappa shape index (κ2) is 4.54. The van der Waals surface area contributed by atoms with Crippen LogP contribution < -0.4 is 5.32 Å². The summed E-state index contributed by atoms with van der Waals surface area (Å²) in [5.41, 5.74) is -0.664. The minimum absolute atomic E-state index is 0.00133. The predicted molar refractivity (Wildman–Crippen MR) is 57.9 cm³/mol. The van der Waals surface area contributed by atoms with Crippen molar-refractivity contribution in [2.45, 2.75) is 26.4 Å². The first-order valence-corrected chi connectivity index (χ1v) is 4.76. The Morgan fingerprint density at radius 1 is 1.41 bits per heavy atom. The highest BCUT2D eigenvalue weighted by atomic mass is 16.6. The standard InChI is InChI=1S/C10H11N5O2/c1-10(2,3)17-9(16)13-8-6(4-11)7(5-12)14-15-8/h1-3H3,(H2,13,14,15,16). The highest BCUT2D eigenvalue weighted by molar-refractivity contribution is 5.85. The number of carbonyl (C=O) groups excluding carboxylic acids is 1. The van der Waals surface area contributed by atoms with E-state index in [1.165, 1.54) is 0 Å². The van der Waals surface area contributed by atoms with Gasteiger partial charge in [0, 0.05) is 0 Å². The summed E-state index contributed by atoms with van der Waals surface area (Å²) < 4.78 is 4.99. The molecule has 0 bridgehead atoms. The van der Waals surface area contributed by atoms with Crippen LogP contribution in [0, 0.1) is 22.7 Å². The Kier molecular flexibility index (Phi) is 3.34. The number of nitriles is 2. The summed E-state index contributed by atoms with van der Waals surface area (Å²) in [6.07, 6.45) is -0.731. The number of carbonyl (C=O) groups is 1. The predicted octanol–water partition coefficient (Wildman–Crippen LogP) is 1.50. The van der Waals surface area contributed by atoms with Crippen molar-refractivity contribution in [2.24, 2.45) is 0 Å². The highest BCUT2D eigenvalue weighted by Crippen LogP contribution is 2.16. The highest BCUT2D eigenvalue weighted by Gasteiger charge is 2.20. The van der Waals surface area contributed by atoms with Gasteiger partial charge in [0.15, 0.2) is 11.5 Å². The summed E-state index contributed by atoms with van der Waals surface area (Å²) in [6, 6.07) is 3.53. The third-order valence-corrected chi connectivity index (χ3v) is 1.61. The van der Waals surface area contributed by atoms with Crippen molar-refractivity contribution in [2.75, 3.05) is 5.32 Å². The topological polar surface area (TPSA) is 115 Å². The number of H-pyrrole nitrogens is 1. The maximum absolute atomic E-state index is 11.4. The molecule has 88 valence electrons. The van der Waals surface area contributed by atoms with Gasteiger partial charge in [-0.3, -0.25) is 10.4 Å². The fourth-order valence-corrected chi connectivity index (χ4v) is 1.02. The molecule has 0 saturated heterocycles. The van der Waals surface area contributed by atoms with Gasteiger partial charge < -0.3 is 4.74 Å². The SMILES string of the molecule is CC(C)(C)OC(=O)Nc1n[nH]c(C#N)c1C#N. The molecular weight excluding hydrogens is 222 g/mol. The molecule has 1 rings (SSSR count).